The lowest BCUT2D eigenvalue weighted by Crippen LogP contribution is -2.51. The van der Waals surface area contributed by atoms with E-state index in [0.29, 0.717) is 19.1 Å². The van der Waals surface area contributed by atoms with Crippen molar-refractivity contribution in [2.75, 3.05) is 33.2 Å². The highest BCUT2D eigenvalue weighted by Gasteiger charge is 2.27. The minimum atomic E-state index is -0.479. The van der Waals surface area contributed by atoms with Crippen molar-refractivity contribution in [3.05, 3.63) is 35.9 Å². The molecule has 1 aromatic carbocycles. The number of carbonyl (C=O) groups is 1. The SMILES string of the molecule is CCNC(=O)C(C)(C)CNC(=NC)NC1CCN(Cc2ccccc2)CC1.I. The summed E-state index contributed by atoms with van der Waals surface area (Å²) in [6.07, 6.45) is 2.18. The minimum absolute atomic E-state index is 0. The third-order valence-corrected chi connectivity index (χ3v) is 5.05. The molecular weight excluding hydrogens is 465 g/mol. The fourth-order valence-corrected chi connectivity index (χ4v) is 3.25. The molecule has 0 aliphatic carbocycles. The summed E-state index contributed by atoms with van der Waals surface area (Å²) in [5.74, 6) is 0.830. The number of hydrogen-bond acceptors (Lipinski definition) is 3. The summed E-state index contributed by atoms with van der Waals surface area (Å²) in [6.45, 7) is 10.2. The number of carbonyl (C=O) groups excluding carboxylic acids is 1. The summed E-state index contributed by atoms with van der Waals surface area (Å²) in [6, 6.07) is 11.0. The maximum Gasteiger partial charge on any atom is 0.227 e. The molecule has 158 valence electrons. The normalized spacial score (nSPS) is 16.2. The molecule has 0 spiro atoms. The van der Waals surface area contributed by atoms with Gasteiger partial charge >= 0.3 is 0 Å². The zero-order valence-electron chi connectivity index (χ0n) is 17.6. The molecular formula is C21H36IN5O. The minimum Gasteiger partial charge on any atom is -0.356 e. The summed E-state index contributed by atoms with van der Waals surface area (Å²) < 4.78 is 0. The number of benzene rings is 1. The van der Waals surface area contributed by atoms with Crippen molar-refractivity contribution in [2.24, 2.45) is 10.4 Å². The highest BCUT2D eigenvalue weighted by atomic mass is 127. The Morgan fingerprint density at radius 1 is 1.18 bits per heavy atom. The van der Waals surface area contributed by atoms with Gasteiger partial charge in [-0.3, -0.25) is 14.7 Å². The monoisotopic (exact) mass is 501 g/mol. The first-order valence-electron chi connectivity index (χ1n) is 9.96. The first-order valence-corrected chi connectivity index (χ1v) is 9.96. The zero-order valence-corrected chi connectivity index (χ0v) is 20.0. The van der Waals surface area contributed by atoms with E-state index in [1.807, 2.05) is 20.8 Å². The van der Waals surface area contributed by atoms with Crippen LogP contribution in [0.3, 0.4) is 0 Å². The van der Waals surface area contributed by atoms with Gasteiger partial charge in [0.05, 0.1) is 5.41 Å². The molecule has 6 nitrogen and oxygen atoms in total. The average molecular weight is 501 g/mol. The van der Waals surface area contributed by atoms with Crippen LogP contribution in [0.2, 0.25) is 0 Å². The van der Waals surface area contributed by atoms with Gasteiger partial charge in [-0.25, -0.2) is 0 Å². The van der Waals surface area contributed by atoms with Gasteiger partial charge in [-0.2, -0.15) is 0 Å². The molecule has 2 rings (SSSR count). The van der Waals surface area contributed by atoms with Crippen molar-refractivity contribution in [2.45, 2.75) is 46.2 Å². The van der Waals surface area contributed by atoms with Gasteiger partial charge in [-0.15, -0.1) is 24.0 Å². The number of hydrogen-bond donors (Lipinski definition) is 3. The highest BCUT2D eigenvalue weighted by molar-refractivity contribution is 14.0. The fourth-order valence-electron chi connectivity index (χ4n) is 3.25. The van der Waals surface area contributed by atoms with Crippen LogP contribution in [0.5, 0.6) is 0 Å². The van der Waals surface area contributed by atoms with Gasteiger partial charge in [0.1, 0.15) is 0 Å². The second kappa shape index (κ2) is 12.3. The predicted octanol–water partition coefficient (Wildman–Crippen LogP) is 2.60. The molecule has 1 amide bonds. The van der Waals surface area contributed by atoms with E-state index in [-0.39, 0.29) is 29.9 Å². The van der Waals surface area contributed by atoms with Crippen molar-refractivity contribution in [3.63, 3.8) is 0 Å². The number of likely N-dealkylation sites (tertiary alicyclic amines) is 1. The molecule has 1 aromatic rings. The van der Waals surface area contributed by atoms with E-state index in [1.165, 1.54) is 5.56 Å². The molecule has 1 aliphatic rings. The van der Waals surface area contributed by atoms with Crippen LogP contribution in [-0.2, 0) is 11.3 Å². The zero-order chi connectivity index (χ0) is 19.7. The van der Waals surface area contributed by atoms with Crippen molar-refractivity contribution >= 4 is 35.8 Å². The van der Waals surface area contributed by atoms with Crippen LogP contribution in [0, 0.1) is 5.41 Å². The Bertz CT molecular complexity index is 612. The Labute approximate surface area is 187 Å². The number of rotatable bonds is 7. The van der Waals surface area contributed by atoms with Gasteiger partial charge < -0.3 is 16.0 Å². The predicted molar refractivity (Wildman–Crippen MR) is 127 cm³/mol. The van der Waals surface area contributed by atoms with Gasteiger partial charge in [0.25, 0.3) is 0 Å². The molecule has 1 heterocycles. The van der Waals surface area contributed by atoms with Crippen molar-refractivity contribution < 1.29 is 4.79 Å². The van der Waals surface area contributed by atoms with Crippen LogP contribution in [-0.4, -0.2) is 56.0 Å². The van der Waals surface area contributed by atoms with E-state index >= 15 is 0 Å². The van der Waals surface area contributed by atoms with Gasteiger partial charge in [0.2, 0.25) is 5.91 Å². The number of nitrogens with one attached hydrogen (secondary N) is 3. The van der Waals surface area contributed by atoms with Gasteiger partial charge in [-0.1, -0.05) is 30.3 Å². The average Bonchev–Trinajstić information content (AvgIpc) is 2.67. The number of guanidine groups is 1. The summed E-state index contributed by atoms with van der Waals surface area (Å²) in [5.41, 5.74) is 0.890. The van der Waals surface area contributed by atoms with E-state index in [1.54, 1.807) is 7.05 Å². The molecule has 7 heteroatoms. The number of aliphatic imine (C=N–C) groups is 1. The lowest BCUT2D eigenvalue weighted by Gasteiger charge is -2.33. The van der Waals surface area contributed by atoms with E-state index in [2.05, 4.69) is 56.2 Å². The topological polar surface area (TPSA) is 68.8 Å². The third-order valence-electron chi connectivity index (χ3n) is 5.05. The van der Waals surface area contributed by atoms with E-state index in [4.69, 9.17) is 0 Å². The molecule has 1 saturated heterocycles. The number of piperidine rings is 1. The standard InChI is InChI=1S/C21H35N5O.HI/c1-5-23-19(27)21(2,3)16-24-20(22-4)25-18-11-13-26(14-12-18)15-17-9-7-6-8-10-17;/h6-10,18H,5,11-16H2,1-4H3,(H,23,27)(H2,22,24,25);1H. The van der Waals surface area contributed by atoms with Gasteiger partial charge in [-0.05, 0) is 39.2 Å². The van der Waals surface area contributed by atoms with Crippen molar-refractivity contribution in [3.8, 4) is 0 Å². The smallest absolute Gasteiger partial charge is 0.227 e. The summed E-state index contributed by atoms with van der Waals surface area (Å²) >= 11 is 0. The van der Waals surface area contributed by atoms with Gasteiger partial charge in [0.15, 0.2) is 5.96 Å². The fraction of sp³-hybridized carbons (Fsp3) is 0.619. The second-order valence-electron chi connectivity index (χ2n) is 7.85. The molecule has 1 aliphatic heterocycles. The Kier molecular flexibility index (Phi) is 10.8. The van der Waals surface area contributed by atoms with E-state index in [9.17, 15) is 4.79 Å². The Balaban J connectivity index is 0.00000392. The lowest BCUT2D eigenvalue weighted by atomic mass is 9.92. The lowest BCUT2D eigenvalue weighted by molar-refractivity contribution is -0.128. The maximum atomic E-state index is 12.1. The number of nitrogens with zero attached hydrogens (tertiary/aromatic N) is 2. The molecule has 3 N–H and O–H groups in total. The Hall–Kier alpha value is -1.35. The molecule has 0 atom stereocenters. The molecule has 1 fully saturated rings. The first-order chi connectivity index (χ1) is 12.9. The van der Waals surface area contributed by atoms with E-state index < -0.39 is 5.41 Å². The molecule has 0 saturated carbocycles. The van der Waals surface area contributed by atoms with Crippen molar-refractivity contribution in [1.29, 1.82) is 0 Å². The van der Waals surface area contributed by atoms with Crippen LogP contribution in [0.1, 0.15) is 39.2 Å². The van der Waals surface area contributed by atoms with Crippen LogP contribution in [0.25, 0.3) is 0 Å². The van der Waals surface area contributed by atoms with Crippen molar-refractivity contribution in [1.82, 2.24) is 20.9 Å². The van der Waals surface area contributed by atoms with Crippen LogP contribution in [0.15, 0.2) is 35.3 Å². The van der Waals surface area contributed by atoms with E-state index in [0.717, 1.165) is 38.4 Å². The molecule has 28 heavy (non-hydrogen) atoms. The number of amides is 1. The first kappa shape index (κ1) is 24.7. The summed E-state index contributed by atoms with van der Waals surface area (Å²) in [7, 11) is 1.78. The van der Waals surface area contributed by atoms with Gasteiger partial charge in [0, 0.05) is 45.8 Å². The molecule has 0 unspecified atom stereocenters. The van der Waals surface area contributed by atoms with Crippen LogP contribution in [0.4, 0.5) is 0 Å². The quantitative estimate of drug-likeness (QED) is 0.305. The largest absolute Gasteiger partial charge is 0.356 e. The number of halogens is 1. The van der Waals surface area contributed by atoms with Crippen LogP contribution >= 0.6 is 24.0 Å². The maximum absolute atomic E-state index is 12.1. The third kappa shape index (κ3) is 7.95. The summed E-state index contributed by atoms with van der Waals surface area (Å²) in [4.78, 5) is 19.0. The highest BCUT2D eigenvalue weighted by Crippen LogP contribution is 2.15. The van der Waals surface area contributed by atoms with Crippen LogP contribution < -0.4 is 16.0 Å². The molecule has 0 aromatic heterocycles. The Morgan fingerprint density at radius 3 is 2.39 bits per heavy atom. The second-order valence-corrected chi connectivity index (χ2v) is 7.85. The molecule has 0 radical (unpaired) electrons. The molecule has 0 bridgehead atoms. The Morgan fingerprint density at radius 2 is 1.82 bits per heavy atom. The summed E-state index contributed by atoms with van der Waals surface area (Å²) in [5, 5.41) is 9.71.